The number of hydrogen-bond acceptors (Lipinski definition) is 2. The maximum atomic E-state index is 5.25. The summed E-state index contributed by atoms with van der Waals surface area (Å²) in [4.78, 5) is 1.22. The molecule has 0 fully saturated rings. The van der Waals surface area contributed by atoms with Gasteiger partial charge in [0.15, 0.2) is 0 Å². The molecular formula is C11H16OS. The SMILES string of the molecule is COc1ccc(C(C)C)cc1SC. The maximum Gasteiger partial charge on any atom is 0.132 e. The molecule has 0 amide bonds. The molecule has 0 radical (unpaired) electrons. The van der Waals surface area contributed by atoms with Gasteiger partial charge in [0.05, 0.1) is 7.11 Å². The van der Waals surface area contributed by atoms with Crippen molar-refractivity contribution < 1.29 is 4.74 Å². The predicted molar refractivity (Wildman–Crippen MR) is 58.9 cm³/mol. The zero-order valence-electron chi connectivity index (χ0n) is 8.63. The third-order valence-corrected chi connectivity index (χ3v) is 2.83. The lowest BCUT2D eigenvalue weighted by molar-refractivity contribution is 0.404. The van der Waals surface area contributed by atoms with Gasteiger partial charge >= 0.3 is 0 Å². The summed E-state index contributed by atoms with van der Waals surface area (Å²) >= 11 is 1.73. The molecule has 0 bridgehead atoms. The Morgan fingerprint density at radius 3 is 2.46 bits per heavy atom. The average Bonchev–Trinajstić information content (AvgIpc) is 2.16. The predicted octanol–water partition coefficient (Wildman–Crippen LogP) is 3.54. The van der Waals surface area contributed by atoms with Crippen LogP contribution in [0, 0.1) is 0 Å². The van der Waals surface area contributed by atoms with Crippen LogP contribution in [0.5, 0.6) is 5.75 Å². The van der Waals surface area contributed by atoms with E-state index in [-0.39, 0.29) is 0 Å². The van der Waals surface area contributed by atoms with E-state index < -0.39 is 0 Å². The minimum Gasteiger partial charge on any atom is -0.496 e. The molecule has 72 valence electrons. The molecule has 0 N–H and O–H groups in total. The van der Waals surface area contributed by atoms with Crippen LogP contribution in [0.4, 0.5) is 0 Å². The van der Waals surface area contributed by atoms with Crippen LogP contribution >= 0.6 is 11.8 Å². The van der Waals surface area contributed by atoms with E-state index in [1.54, 1.807) is 18.9 Å². The van der Waals surface area contributed by atoms with Crippen molar-refractivity contribution in [1.82, 2.24) is 0 Å². The highest BCUT2D eigenvalue weighted by Gasteiger charge is 2.05. The highest BCUT2D eigenvalue weighted by atomic mass is 32.2. The van der Waals surface area contributed by atoms with Crippen LogP contribution < -0.4 is 4.74 Å². The van der Waals surface area contributed by atoms with Crippen LogP contribution in [0.15, 0.2) is 23.1 Å². The summed E-state index contributed by atoms with van der Waals surface area (Å²) < 4.78 is 5.25. The maximum absolute atomic E-state index is 5.25. The molecule has 0 unspecified atom stereocenters. The molecule has 1 nitrogen and oxygen atoms in total. The fourth-order valence-corrected chi connectivity index (χ4v) is 1.82. The number of thioether (sulfide) groups is 1. The van der Waals surface area contributed by atoms with E-state index in [0.29, 0.717) is 5.92 Å². The van der Waals surface area contributed by atoms with E-state index >= 15 is 0 Å². The molecule has 2 heteroatoms. The molecule has 0 aliphatic heterocycles. The third-order valence-electron chi connectivity index (χ3n) is 2.07. The van der Waals surface area contributed by atoms with E-state index in [4.69, 9.17) is 4.74 Å². The first-order valence-corrected chi connectivity index (χ1v) is 5.63. The minimum absolute atomic E-state index is 0.580. The monoisotopic (exact) mass is 196 g/mol. The van der Waals surface area contributed by atoms with Crippen molar-refractivity contribution in [3.63, 3.8) is 0 Å². The number of hydrogen-bond donors (Lipinski definition) is 0. The summed E-state index contributed by atoms with van der Waals surface area (Å²) in [6, 6.07) is 6.37. The van der Waals surface area contributed by atoms with Gasteiger partial charge in [-0.25, -0.2) is 0 Å². The lowest BCUT2D eigenvalue weighted by Gasteiger charge is -2.10. The highest BCUT2D eigenvalue weighted by molar-refractivity contribution is 7.98. The molecular weight excluding hydrogens is 180 g/mol. The Hall–Kier alpha value is -0.630. The summed E-state index contributed by atoms with van der Waals surface area (Å²) in [6.45, 7) is 4.40. The normalized spacial score (nSPS) is 10.5. The van der Waals surface area contributed by atoms with E-state index in [9.17, 15) is 0 Å². The molecule has 1 aromatic carbocycles. The second kappa shape index (κ2) is 4.56. The molecule has 0 aliphatic carbocycles. The minimum atomic E-state index is 0.580. The van der Waals surface area contributed by atoms with Gasteiger partial charge in [0.2, 0.25) is 0 Å². The summed E-state index contributed by atoms with van der Waals surface area (Å²) in [5.74, 6) is 1.55. The standard InChI is InChI=1S/C11H16OS/c1-8(2)9-5-6-10(12-3)11(7-9)13-4/h5-8H,1-4H3. The first-order valence-electron chi connectivity index (χ1n) is 4.41. The molecule has 1 rings (SSSR count). The smallest absolute Gasteiger partial charge is 0.132 e. The quantitative estimate of drug-likeness (QED) is 0.684. The zero-order valence-corrected chi connectivity index (χ0v) is 9.44. The fraction of sp³-hybridized carbons (Fsp3) is 0.455. The molecule has 0 aliphatic rings. The van der Waals surface area contributed by atoms with E-state index in [1.165, 1.54) is 10.5 Å². The largest absolute Gasteiger partial charge is 0.496 e. The lowest BCUT2D eigenvalue weighted by atomic mass is 10.0. The second-order valence-corrected chi connectivity index (χ2v) is 4.12. The van der Waals surface area contributed by atoms with Crippen molar-refractivity contribution in [3.05, 3.63) is 23.8 Å². The number of rotatable bonds is 3. The molecule has 1 aromatic rings. The molecule has 0 atom stereocenters. The van der Waals surface area contributed by atoms with Gasteiger partial charge in [-0.1, -0.05) is 19.9 Å². The van der Waals surface area contributed by atoms with Gasteiger partial charge in [0, 0.05) is 4.90 Å². The van der Waals surface area contributed by atoms with Crippen molar-refractivity contribution in [2.45, 2.75) is 24.7 Å². The Kier molecular flexibility index (Phi) is 3.67. The molecule has 0 aromatic heterocycles. The second-order valence-electron chi connectivity index (χ2n) is 3.27. The number of benzene rings is 1. The number of ether oxygens (including phenoxy) is 1. The van der Waals surface area contributed by atoms with Crippen LogP contribution in [-0.4, -0.2) is 13.4 Å². The van der Waals surface area contributed by atoms with Crippen LogP contribution in [-0.2, 0) is 0 Å². The van der Waals surface area contributed by atoms with Crippen molar-refractivity contribution in [2.75, 3.05) is 13.4 Å². The molecule has 13 heavy (non-hydrogen) atoms. The third kappa shape index (κ3) is 2.41. The summed E-state index contributed by atoms with van der Waals surface area (Å²) in [5, 5.41) is 0. The first-order chi connectivity index (χ1) is 6.19. The van der Waals surface area contributed by atoms with Crippen LogP contribution in [0.3, 0.4) is 0 Å². The zero-order chi connectivity index (χ0) is 9.84. The van der Waals surface area contributed by atoms with Gasteiger partial charge in [-0.15, -0.1) is 11.8 Å². The molecule has 0 spiro atoms. The molecule has 0 saturated carbocycles. The van der Waals surface area contributed by atoms with Gasteiger partial charge in [0.1, 0.15) is 5.75 Å². The van der Waals surface area contributed by atoms with Crippen LogP contribution in [0.1, 0.15) is 25.3 Å². The summed E-state index contributed by atoms with van der Waals surface area (Å²) in [7, 11) is 1.71. The van der Waals surface area contributed by atoms with Gasteiger partial charge in [0.25, 0.3) is 0 Å². The average molecular weight is 196 g/mol. The van der Waals surface area contributed by atoms with Crippen LogP contribution in [0.2, 0.25) is 0 Å². The number of methoxy groups -OCH3 is 1. The highest BCUT2D eigenvalue weighted by Crippen LogP contribution is 2.30. The van der Waals surface area contributed by atoms with Crippen molar-refractivity contribution in [2.24, 2.45) is 0 Å². The Labute approximate surface area is 84.5 Å². The van der Waals surface area contributed by atoms with E-state index in [2.05, 4.69) is 32.2 Å². The summed E-state index contributed by atoms with van der Waals surface area (Å²) in [6.07, 6.45) is 2.07. The molecule has 0 heterocycles. The molecule has 0 saturated heterocycles. The summed E-state index contributed by atoms with van der Waals surface area (Å²) in [5.41, 5.74) is 1.37. The lowest BCUT2D eigenvalue weighted by Crippen LogP contribution is -1.91. The first kappa shape index (κ1) is 10.5. The van der Waals surface area contributed by atoms with Crippen molar-refractivity contribution in [3.8, 4) is 5.75 Å². The Morgan fingerprint density at radius 1 is 1.31 bits per heavy atom. The van der Waals surface area contributed by atoms with E-state index in [0.717, 1.165) is 5.75 Å². The van der Waals surface area contributed by atoms with Gasteiger partial charge < -0.3 is 4.74 Å². The van der Waals surface area contributed by atoms with Crippen molar-refractivity contribution >= 4 is 11.8 Å². The Morgan fingerprint density at radius 2 is 2.00 bits per heavy atom. The van der Waals surface area contributed by atoms with Crippen LogP contribution in [0.25, 0.3) is 0 Å². The van der Waals surface area contributed by atoms with Gasteiger partial charge in [-0.3, -0.25) is 0 Å². The van der Waals surface area contributed by atoms with Gasteiger partial charge in [-0.2, -0.15) is 0 Å². The fourth-order valence-electron chi connectivity index (χ4n) is 1.21. The Balaban J connectivity index is 3.05. The van der Waals surface area contributed by atoms with Gasteiger partial charge in [-0.05, 0) is 29.9 Å². The van der Waals surface area contributed by atoms with E-state index in [1.807, 2.05) is 6.07 Å². The topological polar surface area (TPSA) is 9.23 Å². The van der Waals surface area contributed by atoms with Crippen molar-refractivity contribution in [1.29, 1.82) is 0 Å². The Bertz CT molecular complexity index is 281.